The zero-order chi connectivity index (χ0) is 21.6. The fourth-order valence-electron chi connectivity index (χ4n) is 3.83. The number of halogens is 1. The highest BCUT2D eigenvalue weighted by Crippen LogP contribution is 2.19. The summed E-state index contributed by atoms with van der Waals surface area (Å²) in [5.41, 5.74) is 6.28. The van der Waals surface area contributed by atoms with Crippen molar-refractivity contribution in [3.63, 3.8) is 0 Å². The molecule has 3 N–H and O–H groups in total. The van der Waals surface area contributed by atoms with Gasteiger partial charge in [0, 0.05) is 56.2 Å². The van der Waals surface area contributed by atoms with Crippen molar-refractivity contribution in [1.29, 1.82) is 0 Å². The third kappa shape index (κ3) is 5.91. The Morgan fingerprint density at radius 2 is 1.94 bits per heavy atom. The number of nitrogens with zero attached hydrogens (tertiary/aromatic N) is 3. The fourth-order valence-corrected chi connectivity index (χ4v) is 3.83. The number of hydrogen-bond acceptors (Lipinski definition) is 2. The van der Waals surface area contributed by atoms with Gasteiger partial charge in [-0.05, 0) is 48.6 Å². The minimum Gasteiger partial charge on any atom is -0.361 e. The van der Waals surface area contributed by atoms with Crippen LogP contribution >= 0.6 is 24.0 Å². The lowest BCUT2D eigenvalue weighted by molar-refractivity contribution is 0.757. The van der Waals surface area contributed by atoms with Gasteiger partial charge in [-0.25, -0.2) is 4.98 Å². The highest BCUT2D eigenvalue weighted by molar-refractivity contribution is 14.0. The van der Waals surface area contributed by atoms with Crippen molar-refractivity contribution in [2.24, 2.45) is 4.99 Å². The summed E-state index contributed by atoms with van der Waals surface area (Å²) < 4.78 is 2.15. The lowest BCUT2D eigenvalue weighted by atomic mass is 10.1. The molecule has 0 saturated heterocycles. The molecule has 0 saturated carbocycles. The minimum atomic E-state index is 0. The second-order valence-corrected chi connectivity index (χ2v) is 7.89. The van der Waals surface area contributed by atoms with Crippen LogP contribution in [-0.4, -0.2) is 34.1 Å². The predicted octanol–water partition coefficient (Wildman–Crippen LogP) is 4.56. The molecule has 6 nitrogen and oxygen atoms in total. The molecule has 0 aliphatic rings. The van der Waals surface area contributed by atoms with Gasteiger partial charge in [0.2, 0.25) is 0 Å². The molecule has 168 valence electrons. The number of H-pyrrole nitrogens is 1. The first-order valence-electron chi connectivity index (χ1n) is 10.7. The number of aromatic amines is 1. The van der Waals surface area contributed by atoms with E-state index in [1.807, 2.05) is 26.4 Å². The molecule has 2 heterocycles. The summed E-state index contributed by atoms with van der Waals surface area (Å²) in [6.07, 6.45) is 6.90. The van der Waals surface area contributed by atoms with Crippen LogP contribution in [-0.2, 0) is 19.5 Å². The lowest BCUT2D eigenvalue weighted by Gasteiger charge is -2.13. The number of aliphatic imine (C=N–C) groups is 1. The van der Waals surface area contributed by atoms with Crippen LogP contribution < -0.4 is 10.6 Å². The van der Waals surface area contributed by atoms with Crippen molar-refractivity contribution in [2.75, 3.05) is 13.6 Å². The lowest BCUT2D eigenvalue weighted by Crippen LogP contribution is -2.37. The number of guanidine groups is 1. The molecule has 0 spiro atoms. The molecule has 0 fully saturated rings. The van der Waals surface area contributed by atoms with Gasteiger partial charge in [-0.1, -0.05) is 36.4 Å². The average Bonchev–Trinajstić information content (AvgIpc) is 3.36. The van der Waals surface area contributed by atoms with Crippen LogP contribution in [0.3, 0.4) is 0 Å². The summed E-state index contributed by atoms with van der Waals surface area (Å²) in [4.78, 5) is 12.0. The van der Waals surface area contributed by atoms with Crippen LogP contribution in [0, 0.1) is 13.8 Å². The third-order valence-corrected chi connectivity index (χ3v) is 5.56. The second kappa shape index (κ2) is 11.2. The molecule has 32 heavy (non-hydrogen) atoms. The maximum Gasteiger partial charge on any atom is 0.191 e. The molecular formula is C25H31IN6. The number of aromatic nitrogens is 3. The minimum absolute atomic E-state index is 0. The Labute approximate surface area is 206 Å². The van der Waals surface area contributed by atoms with Crippen molar-refractivity contribution in [2.45, 2.75) is 33.4 Å². The molecule has 0 amide bonds. The van der Waals surface area contributed by atoms with E-state index in [9.17, 15) is 0 Å². The van der Waals surface area contributed by atoms with Gasteiger partial charge in [-0.2, -0.15) is 0 Å². The van der Waals surface area contributed by atoms with E-state index in [0.29, 0.717) is 0 Å². The smallest absolute Gasteiger partial charge is 0.191 e. The summed E-state index contributed by atoms with van der Waals surface area (Å²) in [5.74, 6) is 1.84. The molecule has 0 bridgehead atoms. The first-order valence-corrected chi connectivity index (χ1v) is 10.7. The molecule has 4 aromatic rings. The number of fused-ring (bicyclic) bond motifs is 1. The third-order valence-electron chi connectivity index (χ3n) is 5.56. The van der Waals surface area contributed by atoms with Crippen molar-refractivity contribution in [1.82, 2.24) is 25.2 Å². The molecule has 0 atom stereocenters. The van der Waals surface area contributed by atoms with Gasteiger partial charge in [0.05, 0.1) is 0 Å². The standard InChI is InChI=1S/C25H30N6.HI/c1-18-7-8-23-22(16-29-24(23)13-18)9-10-28-25(26-3)30-15-20-5-4-6-21(14-20)17-31-12-11-27-19(31)2;/h4-8,11-14,16,29H,9-10,15,17H2,1-3H3,(H2,26,28,30);1H. The van der Waals surface area contributed by atoms with E-state index in [1.54, 1.807) is 0 Å². The van der Waals surface area contributed by atoms with E-state index in [0.717, 1.165) is 37.8 Å². The number of aryl methyl sites for hydroxylation is 2. The van der Waals surface area contributed by atoms with Crippen LogP contribution in [0.15, 0.2) is 66.0 Å². The molecule has 7 heteroatoms. The van der Waals surface area contributed by atoms with E-state index < -0.39 is 0 Å². The molecule has 0 aliphatic heterocycles. The van der Waals surface area contributed by atoms with Gasteiger partial charge in [0.25, 0.3) is 0 Å². The van der Waals surface area contributed by atoms with Crippen LogP contribution in [0.4, 0.5) is 0 Å². The van der Waals surface area contributed by atoms with E-state index in [2.05, 4.69) is 85.7 Å². The maximum absolute atomic E-state index is 4.36. The summed E-state index contributed by atoms with van der Waals surface area (Å²) in [6, 6.07) is 15.2. The van der Waals surface area contributed by atoms with Crippen LogP contribution in [0.1, 0.15) is 28.1 Å². The number of rotatable bonds is 7. The highest BCUT2D eigenvalue weighted by Gasteiger charge is 2.05. The number of nitrogens with one attached hydrogen (secondary N) is 3. The molecule has 4 rings (SSSR count). The average molecular weight is 542 g/mol. The monoisotopic (exact) mass is 542 g/mol. The van der Waals surface area contributed by atoms with Gasteiger partial charge in [0.15, 0.2) is 5.96 Å². The summed E-state index contributed by atoms with van der Waals surface area (Å²) in [7, 11) is 1.81. The zero-order valence-electron chi connectivity index (χ0n) is 18.9. The Morgan fingerprint density at radius 1 is 1.09 bits per heavy atom. The van der Waals surface area contributed by atoms with Gasteiger partial charge in [0.1, 0.15) is 5.82 Å². The molecular weight excluding hydrogens is 511 g/mol. The number of benzene rings is 2. The zero-order valence-corrected chi connectivity index (χ0v) is 21.2. The van der Waals surface area contributed by atoms with Gasteiger partial charge < -0.3 is 20.2 Å². The molecule has 2 aromatic carbocycles. The van der Waals surface area contributed by atoms with Crippen molar-refractivity contribution >= 4 is 40.8 Å². The first-order chi connectivity index (χ1) is 15.1. The first kappa shape index (κ1) is 23.8. The van der Waals surface area contributed by atoms with Gasteiger partial charge >= 0.3 is 0 Å². The van der Waals surface area contributed by atoms with E-state index in [-0.39, 0.29) is 24.0 Å². The molecule has 2 aromatic heterocycles. The van der Waals surface area contributed by atoms with Gasteiger partial charge in [-0.3, -0.25) is 4.99 Å². The van der Waals surface area contributed by atoms with E-state index >= 15 is 0 Å². The largest absolute Gasteiger partial charge is 0.361 e. The Bertz CT molecular complexity index is 1190. The normalized spacial score (nSPS) is 11.4. The topological polar surface area (TPSA) is 70.0 Å². The van der Waals surface area contributed by atoms with Crippen molar-refractivity contribution < 1.29 is 0 Å². The fraction of sp³-hybridized carbons (Fsp3) is 0.280. The molecule has 0 unspecified atom stereocenters. The highest BCUT2D eigenvalue weighted by atomic mass is 127. The summed E-state index contributed by atoms with van der Waals surface area (Å²) in [5, 5.41) is 8.14. The van der Waals surface area contributed by atoms with Crippen LogP contribution in [0.2, 0.25) is 0 Å². The second-order valence-electron chi connectivity index (χ2n) is 7.89. The Morgan fingerprint density at radius 3 is 2.72 bits per heavy atom. The Hall–Kier alpha value is -2.81. The van der Waals surface area contributed by atoms with Crippen LogP contribution in [0.25, 0.3) is 10.9 Å². The molecule has 0 radical (unpaired) electrons. The number of imidazole rings is 1. The Balaban J connectivity index is 0.00000289. The predicted molar refractivity (Wildman–Crippen MR) is 143 cm³/mol. The number of hydrogen-bond donors (Lipinski definition) is 3. The quantitative estimate of drug-likeness (QED) is 0.182. The summed E-state index contributed by atoms with van der Waals surface area (Å²) in [6.45, 7) is 6.52. The Kier molecular flexibility index (Phi) is 8.33. The van der Waals surface area contributed by atoms with Crippen molar-refractivity contribution in [3.05, 3.63) is 89.1 Å². The van der Waals surface area contributed by atoms with Crippen LogP contribution in [0.5, 0.6) is 0 Å². The van der Waals surface area contributed by atoms with Gasteiger partial charge in [-0.15, -0.1) is 24.0 Å². The molecule has 0 aliphatic carbocycles. The van der Waals surface area contributed by atoms with Crippen molar-refractivity contribution in [3.8, 4) is 0 Å². The summed E-state index contributed by atoms with van der Waals surface area (Å²) >= 11 is 0. The van der Waals surface area contributed by atoms with E-state index in [4.69, 9.17) is 0 Å². The maximum atomic E-state index is 4.36. The SMILES string of the molecule is CN=C(NCCc1c[nH]c2cc(C)ccc12)NCc1cccc(Cn2ccnc2C)c1.I. The van der Waals surface area contributed by atoms with E-state index in [1.165, 1.54) is 33.2 Å².